The molecule has 2 N–H and O–H groups in total. The number of anilines is 1. The average molecular weight is 265 g/mol. The molecule has 0 saturated carbocycles. The highest BCUT2D eigenvalue weighted by Gasteiger charge is 2.19. The Labute approximate surface area is 113 Å². The normalized spacial score (nSPS) is 16.8. The zero-order chi connectivity index (χ0) is 13.0. The van der Waals surface area contributed by atoms with Gasteiger partial charge in [-0.15, -0.1) is 0 Å². The molecule has 1 aliphatic heterocycles. The van der Waals surface area contributed by atoms with Crippen LogP contribution in [0.5, 0.6) is 0 Å². The lowest BCUT2D eigenvalue weighted by Crippen LogP contribution is -2.37. The molecular formula is C13H19N3OS. The van der Waals surface area contributed by atoms with Gasteiger partial charge in [0.25, 0.3) is 0 Å². The van der Waals surface area contributed by atoms with Gasteiger partial charge in [0.05, 0.1) is 23.7 Å². The number of thiocarbonyl (C=S) groups is 1. The summed E-state index contributed by atoms with van der Waals surface area (Å²) >= 11 is 4.89. The molecule has 0 aliphatic carbocycles. The van der Waals surface area contributed by atoms with Crippen LogP contribution in [0.25, 0.3) is 0 Å². The standard InChI is InChI=1S/C13H19N3OS/c1-2-17-11-5-7-16(8-6-11)10-3-4-12(13(14)18)15-9-10/h3-4,9,11H,2,5-8H2,1H3,(H2,14,18). The first-order valence-electron chi connectivity index (χ1n) is 6.33. The summed E-state index contributed by atoms with van der Waals surface area (Å²) < 4.78 is 5.64. The van der Waals surface area contributed by atoms with Crippen LogP contribution in [0.1, 0.15) is 25.5 Å². The van der Waals surface area contributed by atoms with Crippen LogP contribution in [0.3, 0.4) is 0 Å². The highest BCUT2D eigenvalue weighted by Crippen LogP contribution is 2.20. The van der Waals surface area contributed by atoms with E-state index >= 15 is 0 Å². The second kappa shape index (κ2) is 6.11. The van der Waals surface area contributed by atoms with E-state index in [1.165, 1.54) is 0 Å². The van der Waals surface area contributed by atoms with Crippen LogP contribution in [-0.4, -0.2) is 35.8 Å². The van der Waals surface area contributed by atoms with E-state index in [0.29, 0.717) is 16.8 Å². The van der Waals surface area contributed by atoms with Gasteiger partial charge in [-0.25, -0.2) is 0 Å². The van der Waals surface area contributed by atoms with Crippen molar-refractivity contribution in [3.05, 3.63) is 24.0 Å². The molecule has 1 aromatic rings. The smallest absolute Gasteiger partial charge is 0.122 e. The maximum atomic E-state index is 5.64. The first-order valence-corrected chi connectivity index (χ1v) is 6.74. The molecule has 0 bridgehead atoms. The highest BCUT2D eigenvalue weighted by molar-refractivity contribution is 7.80. The number of hydrogen-bond acceptors (Lipinski definition) is 4. The second-order valence-electron chi connectivity index (χ2n) is 4.41. The quantitative estimate of drug-likeness (QED) is 0.840. The van der Waals surface area contributed by atoms with Crippen molar-refractivity contribution in [1.29, 1.82) is 0 Å². The van der Waals surface area contributed by atoms with Crippen LogP contribution in [0.4, 0.5) is 5.69 Å². The molecule has 1 saturated heterocycles. The summed E-state index contributed by atoms with van der Waals surface area (Å²) in [6.07, 6.45) is 4.40. The molecule has 2 heterocycles. The Morgan fingerprint density at radius 2 is 2.22 bits per heavy atom. The van der Waals surface area contributed by atoms with Gasteiger partial charge in [0, 0.05) is 19.7 Å². The minimum Gasteiger partial charge on any atom is -0.388 e. The number of aromatic nitrogens is 1. The number of nitrogens with zero attached hydrogens (tertiary/aromatic N) is 2. The molecule has 0 amide bonds. The minimum atomic E-state index is 0.344. The summed E-state index contributed by atoms with van der Waals surface area (Å²) in [5.74, 6) is 0. The predicted octanol–water partition coefficient (Wildman–Crippen LogP) is 1.72. The Bertz CT molecular complexity index is 399. The van der Waals surface area contributed by atoms with Gasteiger partial charge in [0.2, 0.25) is 0 Å². The molecular weight excluding hydrogens is 246 g/mol. The van der Waals surface area contributed by atoms with Gasteiger partial charge >= 0.3 is 0 Å². The van der Waals surface area contributed by atoms with E-state index in [-0.39, 0.29) is 0 Å². The van der Waals surface area contributed by atoms with Crippen LogP contribution in [0.15, 0.2) is 18.3 Å². The molecule has 0 spiro atoms. The van der Waals surface area contributed by atoms with E-state index < -0.39 is 0 Å². The first-order chi connectivity index (χ1) is 8.70. The van der Waals surface area contributed by atoms with Crippen LogP contribution in [-0.2, 0) is 4.74 Å². The predicted molar refractivity (Wildman–Crippen MR) is 77.0 cm³/mol. The SMILES string of the molecule is CCOC1CCN(c2ccc(C(N)=S)nc2)CC1. The lowest BCUT2D eigenvalue weighted by atomic mass is 10.1. The largest absolute Gasteiger partial charge is 0.388 e. The van der Waals surface area contributed by atoms with E-state index in [1.54, 1.807) is 0 Å². The van der Waals surface area contributed by atoms with E-state index in [2.05, 4.69) is 9.88 Å². The van der Waals surface area contributed by atoms with Crippen molar-refractivity contribution in [1.82, 2.24) is 4.98 Å². The summed E-state index contributed by atoms with van der Waals surface area (Å²) in [4.78, 5) is 6.94. The number of ether oxygens (including phenoxy) is 1. The van der Waals surface area contributed by atoms with Crippen LogP contribution >= 0.6 is 12.2 Å². The van der Waals surface area contributed by atoms with Crippen molar-refractivity contribution < 1.29 is 4.74 Å². The summed E-state index contributed by atoms with van der Waals surface area (Å²) in [6.45, 7) is 4.87. The van der Waals surface area contributed by atoms with Crippen molar-refractivity contribution in [3.63, 3.8) is 0 Å². The maximum Gasteiger partial charge on any atom is 0.122 e. The van der Waals surface area contributed by atoms with Crippen molar-refractivity contribution in [2.45, 2.75) is 25.9 Å². The van der Waals surface area contributed by atoms with Gasteiger partial charge in [-0.2, -0.15) is 0 Å². The first kappa shape index (κ1) is 13.2. The van der Waals surface area contributed by atoms with E-state index in [1.807, 2.05) is 25.3 Å². The Morgan fingerprint density at radius 3 is 2.72 bits per heavy atom. The molecule has 0 atom stereocenters. The topological polar surface area (TPSA) is 51.4 Å². The fourth-order valence-electron chi connectivity index (χ4n) is 2.24. The monoisotopic (exact) mass is 265 g/mol. The Balaban J connectivity index is 1.95. The maximum absolute atomic E-state index is 5.64. The zero-order valence-corrected chi connectivity index (χ0v) is 11.4. The fraction of sp³-hybridized carbons (Fsp3) is 0.538. The third kappa shape index (κ3) is 3.17. The number of hydrogen-bond donors (Lipinski definition) is 1. The fourth-order valence-corrected chi connectivity index (χ4v) is 2.36. The third-order valence-electron chi connectivity index (χ3n) is 3.21. The van der Waals surface area contributed by atoms with Crippen LogP contribution in [0, 0.1) is 0 Å². The summed E-state index contributed by atoms with van der Waals surface area (Å²) in [7, 11) is 0. The van der Waals surface area contributed by atoms with Gasteiger partial charge < -0.3 is 15.4 Å². The molecule has 1 aromatic heterocycles. The second-order valence-corrected chi connectivity index (χ2v) is 4.85. The molecule has 2 rings (SSSR count). The highest BCUT2D eigenvalue weighted by atomic mass is 32.1. The van der Waals surface area contributed by atoms with E-state index in [0.717, 1.165) is 38.2 Å². The van der Waals surface area contributed by atoms with E-state index in [4.69, 9.17) is 22.7 Å². The van der Waals surface area contributed by atoms with Crippen molar-refractivity contribution in [2.24, 2.45) is 5.73 Å². The molecule has 4 nitrogen and oxygen atoms in total. The molecule has 1 fully saturated rings. The molecule has 98 valence electrons. The van der Waals surface area contributed by atoms with Crippen LogP contribution in [0.2, 0.25) is 0 Å². The third-order valence-corrected chi connectivity index (χ3v) is 3.42. The Kier molecular flexibility index (Phi) is 4.49. The number of pyridine rings is 1. The lowest BCUT2D eigenvalue weighted by Gasteiger charge is -2.33. The van der Waals surface area contributed by atoms with Gasteiger partial charge in [0.15, 0.2) is 0 Å². The molecule has 18 heavy (non-hydrogen) atoms. The number of piperidine rings is 1. The van der Waals surface area contributed by atoms with Gasteiger partial charge in [-0.3, -0.25) is 4.98 Å². The number of nitrogens with two attached hydrogens (primary N) is 1. The molecule has 0 unspecified atom stereocenters. The van der Waals surface area contributed by atoms with Gasteiger partial charge in [-0.1, -0.05) is 12.2 Å². The van der Waals surface area contributed by atoms with Crippen molar-refractivity contribution in [3.8, 4) is 0 Å². The Hall–Kier alpha value is -1.20. The van der Waals surface area contributed by atoms with Crippen molar-refractivity contribution >= 4 is 22.9 Å². The average Bonchev–Trinajstić information content (AvgIpc) is 2.40. The van der Waals surface area contributed by atoms with E-state index in [9.17, 15) is 0 Å². The zero-order valence-electron chi connectivity index (χ0n) is 10.6. The molecule has 0 radical (unpaired) electrons. The Morgan fingerprint density at radius 1 is 1.50 bits per heavy atom. The summed E-state index contributed by atoms with van der Waals surface area (Å²) in [5, 5.41) is 0. The lowest BCUT2D eigenvalue weighted by molar-refractivity contribution is 0.0459. The number of rotatable bonds is 4. The summed E-state index contributed by atoms with van der Waals surface area (Å²) in [6, 6.07) is 3.91. The minimum absolute atomic E-state index is 0.344. The molecule has 0 aromatic carbocycles. The van der Waals surface area contributed by atoms with Crippen LogP contribution < -0.4 is 10.6 Å². The molecule has 1 aliphatic rings. The summed E-state index contributed by atoms with van der Waals surface area (Å²) in [5.41, 5.74) is 7.34. The van der Waals surface area contributed by atoms with Crippen molar-refractivity contribution in [2.75, 3.05) is 24.6 Å². The molecule has 5 heteroatoms. The van der Waals surface area contributed by atoms with Gasteiger partial charge in [-0.05, 0) is 31.9 Å². The van der Waals surface area contributed by atoms with Gasteiger partial charge in [0.1, 0.15) is 4.99 Å².